The van der Waals surface area contributed by atoms with E-state index in [4.69, 9.17) is 4.74 Å². The number of ether oxygens (including phenoxy) is 1. The molecule has 0 unspecified atom stereocenters. The minimum Gasteiger partial charge on any atom is -0.504 e. The van der Waals surface area contributed by atoms with Gasteiger partial charge in [0.15, 0.2) is 17.2 Å². The molecule has 0 spiro atoms. The first kappa shape index (κ1) is 26.0. The lowest BCUT2D eigenvalue weighted by atomic mass is 9.78. The summed E-state index contributed by atoms with van der Waals surface area (Å²) in [6.45, 7) is -1.11. The van der Waals surface area contributed by atoms with Crippen LogP contribution in [0.4, 0.5) is 25.8 Å². The smallest absolute Gasteiger partial charge is 0.387 e. The Bertz CT molecular complexity index is 1390. The summed E-state index contributed by atoms with van der Waals surface area (Å²) in [7, 11) is 4.56. The summed E-state index contributed by atoms with van der Waals surface area (Å²) in [5.74, 6) is -1.17. The molecule has 11 nitrogen and oxygen atoms in total. The number of aryl methyl sites for hydroxylation is 1. The molecule has 3 aromatic rings. The van der Waals surface area contributed by atoms with Gasteiger partial charge in [0.25, 0.3) is 16.8 Å². The molecule has 2 heterocycles. The fourth-order valence-electron chi connectivity index (χ4n) is 4.77. The van der Waals surface area contributed by atoms with Crippen molar-refractivity contribution in [2.45, 2.75) is 45.3 Å². The summed E-state index contributed by atoms with van der Waals surface area (Å²) < 4.78 is 32.3. The zero-order valence-electron chi connectivity index (χ0n) is 20.8. The summed E-state index contributed by atoms with van der Waals surface area (Å²) in [5.41, 5.74) is -2.37. The average Bonchev–Trinajstić information content (AvgIpc) is 3.43. The third-order valence-corrected chi connectivity index (χ3v) is 6.75. The minimum atomic E-state index is -3.07. The molecule has 1 aliphatic carbocycles. The van der Waals surface area contributed by atoms with Crippen molar-refractivity contribution < 1.29 is 23.4 Å². The van der Waals surface area contributed by atoms with Crippen molar-refractivity contribution in [3.05, 3.63) is 50.3 Å². The van der Waals surface area contributed by atoms with Crippen molar-refractivity contribution in [3.8, 4) is 11.5 Å². The highest BCUT2D eigenvalue weighted by atomic mass is 19.3. The molecule has 3 N–H and O–H groups in total. The van der Waals surface area contributed by atoms with Gasteiger partial charge in [-0.25, -0.2) is 4.98 Å². The standard InChI is InChI=1S/C24H28F2N6O5/c1-24(8-5-6-9-24)21(14-13(37-23(25)26)11-32(4)30-14)29-16-15(19(34)20(16)35)28-12-7-10-27-17(18(12)33)22(36)31(2)3/h7,10-11,21,23,29,33H,5-6,8-9H2,1-4H3,(H,27,28)/t21-/m0/s1. The van der Waals surface area contributed by atoms with Crippen molar-refractivity contribution in [3.63, 3.8) is 0 Å². The predicted molar refractivity (Wildman–Crippen MR) is 131 cm³/mol. The zero-order valence-corrected chi connectivity index (χ0v) is 20.8. The first-order valence-electron chi connectivity index (χ1n) is 11.7. The Hall–Kier alpha value is -4.03. The van der Waals surface area contributed by atoms with E-state index in [2.05, 4.69) is 20.7 Å². The van der Waals surface area contributed by atoms with Gasteiger partial charge in [-0.05, 0) is 24.3 Å². The van der Waals surface area contributed by atoms with E-state index in [1.165, 1.54) is 42.1 Å². The number of aromatic nitrogens is 3. The average molecular weight is 519 g/mol. The maximum Gasteiger partial charge on any atom is 0.387 e. The number of nitrogens with one attached hydrogen (secondary N) is 2. The van der Waals surface area contributed by atoms with Crippen LogP contribution in [-0.2, 0) is 7.05 Å². The van der Waals surface area contributed by atoms with Crippen LogP contribution in [0.15, 0.2) is 28.0 Å². The molecular formula is C24H28F2N6O5. The molecule has 2 aromatic heterocycles. The number of carbonyl (C=O) groups excluding carboxylic acids is 1. The van der Waals surface area contributed by atoms with E-state index in [-0.39, 0.29) is 34.2 Å². The molecule has 37 heavy (non-hydrogen) atoms. The molecule has 1 amide bonds. The zero-order chi connectivity index (χ0) is 27.1. The first-order chi connectivity index (χ1) is 17.4. The number of nitrogens with zero attached hydrogens (tertiary/aromatic N) is 4. The molecule has 1 aliphatic rings. The van der Waals surface area contributed by atoms with Crippen molar-refractivity contribution in [2.24, 2.45) is 12.5 Å². The van der Waals surface area contributed by atoms with E-state index < -0.39 is 40.6 Å². The number of anilines is 3. The number of carbonyl (C=O) groups is 1. The number of alkyl halides is 2. The van der Waals surface area contributed by atoms with Crippen LogP contribution in [0.1, 0.15) is 54.8 Å². The Morgan fingerprint density at radius 2 is 1.86 bits per heavy atom. The number of rotatable bonds is 9. The monoisotopic (exact) mass is 518 g/mol. The van der Waals surface area contributed by atoms with E-state index in [1.54, 1.807) is 7.05 Å². The van der Waals surface area contributed by atoms with E-state index in [0.717, 1.165) is 25.7 Å². The minimum absolute atomic E-state index is 0.00135. The molecular weight excluding hydrogens is 490 g/mol. The van der Waals surface area contributed by atoms with Crippen LogP contribution in [0.25, 0.3) is 0 Å². The highest BCUT2D eigenvalue weighted by Gasteiger charge is 2.42. The van der Waals surface area contributed by atoms with Crippen LogP contribution in [0.5, 0.6) is 11.5 Å². The van der Waals surface area contributed by atoms with Gasteiger partial charge in [-0.1, -0.05) is 19.8 Å². The maximum atomic E-state index is 13.1. The van der Waals surface area contributed by atoms with Gasteiger partial charge >= 0.3 is 6.61 Å². The van der Waals surface area contributed by atoms with E-state index in [1.807, 2.05) is 6.92 Å². The molecule has 1 aromatic carbocycles. The van der Waals surface area contributed by atoms with Crippen LogP contribution in [0.3, 0.4) is 0 Å². The number of hydrogen-bond donors (Lipinski definition) is 3. The Morgan fingerprint density at radius 1 is 1.22 bits per heavy atom. The summed E-state index contributed by atoms with van der Waals surface area (Å²) in [5, 5.41) is 20.8. The van der Waals surface area contributed by atoms with Crippen LogP contribution in [0.2, 0.25) is 0 Å². The van der Waals surface area contributed by atoms with Gasteiger partial charge in [0, 0.05) is 27.3 Å². The van der Waals surface area contributed by atoms with Gasteiger partial charge in [0.1, 0.15) is 17.1 Å². The quantitative estimate of drug-likeness (QED) is 0.365. The van der Waals surface area contributed by atoms with Gasteiger partial charge in [0.2, 0.25) is 0 Å². The largest absolute Gasteiger partial charge is 0.504 e. The summed E-state index contributed by atoms with van der Waals surface area (Å²) in [6, 6.07) is 0.622. The van der Waals surface area contributed by atoms with Crippen molar-refractivity contribution in [1.82, 2.24) is 19.7 Å². The van der Waals surface area contributed by atoms with Gasteiger partial charge in [-0.15, -0.1) is 0 Å². The summed E-state index contributed by atoms with van der Waals surface area (Å²) in [4.78, 5) is 42.6. The second-order valence-corrected chi connectivity index (χ2v) is 9.66. The van der Waals surface area contributed by atoms with Gasteiger partial charge < -0.3 is 25.4 Å². The van der Waals surface area contributed by atoms with Gasteiger partial charge in [-0.3, -0.25) is 19.1 Å². The maximum absolute atomic E-state index is 13.1. The second-order valence-electron chi connectivity index (χ2n) is 9.66. The van der Waals surface area contributed by atoms with E-state index in [9.17, 15) is 28.3 Å². The lowest BCUT2D eigenvalue weighted by Gasteiger charge is -2.35. The SMILES string of the molecule is CN(C)C(=O)c1nccc(Nc2c(N[C@@H](c3nn(C)cc3OC(F)F)C3(C)CCCC3)c(=O)c2=O)c1O. The molecule has 4 rings (SSSR count). The van der Waals surface area contributed by atoms with Crippen molar-refractivity contribution in [2.75, 3.05) is 24.7 Å². The summed E-state index contributed by atoms with van der Waals surface area (Å²) in [6.07, 6.45) is 5.87. The first-order valence-corrected chi connectivity index (χ1v) is 11.7. The van der Waals surface area contributed by atoms with Gasteiger partial charge in [0.05, 0.1) is 17.9 Å². The number of hydrogen-bond acceptors (Lipinski definition) is 9. The lowest BCUT2D eigenvalue weighted by Crippen LogP contribution is -2.40. The Kier molecular flexibility index (Phi) is 6.89. The predicted octanol–water partition coefficient (Wildman–Crippen LogP) is 2.90. The second kappa shape index (κ2) is 9.79. The topological polar surface area (TPSA) is 139 Å². The van der Waals surface area contributed by atoms with Gasteiger partial charge in [-0.2, -0.15) is 13.9 Å². The normalized spacial score (nSPS) is 15.6. The fourth-order valence-corrected chi connectivity index (χ4v) is 4.77. The number of pyridine rings is 1. The molecule has 1 saturated carbocycles. The number of halogens is 2. The van der Waals surface area contributed by atoms with Crippen LogP contribution < -0.4 is 26.2 Å². The Morgan fingerprint density at radius 3 is 2.49 bits per heavy atom. The van der Waals surface area contributed by atoms with Crippen LogP contribution >= 0.6 is 0 Å². The lowest BCUT2D eigenvalue weighted by molar-refractivity contribution is -0.0509. The number of aromatic hydroxyl groups is 1. The molecule has 13 heteroatoms. The molecule has 0 radical (unpaired) electrons. The van der Waals surface area contributed by atoms with E-state index in [0.29, 0.717) is 0 Å². The number of amides is 1. The highest BCUT2D eigenvalue weighted by molar-refractivity contribution is 5.97. The van der Waals surface area contributed by atoms with Crippen LogP contribution in [-0.4, -0.2) is 51.4 Å². The Labute approximate surface area is 210 Å². The molecule has 0 aliphatic heterocycles. The molecule has 1 fully saturated rings. The molecule has 0 saturated heterocycles. The Balaban J connectivity index is 1.72. The van der Waals surface area contributed by atoms with E-state index >= 15 is 0 Å². The fraction of sp³-hybridized carbons (Fsp3) is 0.458. The third-order valence-electron chi connectivity index (χ3n) is 6.75. The summed E-state index contributed by atoms with van der Waals surface area (Å²) >= 11 is 0. The third kappa shape index (κ3) is 4.85. The van der Waals surface area contributed by atoms with Crippen LogP contribution in [0, 0.1) is 5.41 Å². The molecule has 198 valence electrons. The molecule has 0 bridgehead atoms. The molecule has 1 atom stereocenters. The highest BCUT2D eigenvalue weighted by Crippen LogP contribution is 2.50. The van der Waals surface area contributed by atoms with Crippen molar-refractivity contribution >= 4 is 23.0 Å². The van der Waals surface area contributed by atoms with Crippen molar-refractivity contribution in [1.29, 1.82) is 0 Å².